The number of rotatable bonds is 4. The summed E-state index contributed by atoms with van der Waals surface area (Å²) in [4.78, 5) is 12.0. The highest BCUT2D eigenvalue weighted by atomic mass is 16.3. The van der Waals surface area contributed by atoms with E-state index in [4.69, 9.17) is 5.73 Å². The van der Waals surface area contributed by atoms with Crippen molar-refractivity contribution >= 4 is 27.7 Å². The number of nitrogens with zero attached hydrogens (tertiary/aromatic N) is 1. The number of amides is 1. The number of aromatic nitrogens is 1. The van der Waals surface area contributed by atoms with Crippen molar-refractivity contribution in [2.45, 2.75) is 20.1 Å². The van der Waals surface area contributed by atoms with E-state index >= 15 is 0 Å². The van der Waals surface area contributed by atoms with Crippen LogP contribution in [0.15, 0.2) is 54.6 Å². The third-order valence-electron chi connectivity index (χ3n) is 4.73. The summed E-state index contributed by atoms with van der Waals surface area (Å²) in [5, 5.41) is 11.2. The molecule has 3 aromatic carbocycles. The highest BCUT2D eigenvalue weighted by molar-refractivity contribution is 6.17. The highest BCUT2D eigenvalue weighted by Crippen LogP contribution is 2.32. The molecule has 4 nitrogen and oxygen atoms in total. The first-order valence-corrected chi connectivity index (χ1v) is 8.50. The van der Waals surface area contributed by atoms with Gasteiger partial charge in [0.2, 0.25) is 5.91 Å². The second kappa shape index (κ2) is 6.32. The maximum Gasteiger partial charge on any atom is 0.249 e. The van der Waals surface area contributed by atoms with Crippen LogP contribution < -0.4 is 5.73 Å². The molecule has 0 atom stereocenters. The molecule has 26 heavy (non-hydrogen) atoms. The summed E-state index contributed by atoms with van der Waals surface area (Å²) >= 11 is 0. The summed E-state index contributed by atoms with van der Waals surface area (Å²) in [6.45, 7) is 2.67. The third kappa shape index (κ3) is 2.65. The average Bonchev–Trinajstić information content (AvgIpc) is 2.95. The zero-order valence-electron chi connectivity index (χ0n) is 14.5. The topological polar surface area (TPSA) is 68.2 Å². The number of aliphatic hydroxyl groups excluding tert-OH is 1. The minimum atomic E-state index is -0.454. The number of fused-ring (bicyclic) bond motifs is 3. The van der Waals surface area contributed by atoms with E-state index in [1.54, 1.807) is 12.1 Å². The molecule has 0 saturated heterocycles. The van der Waals surface area contributed by atoms with Crippen molar-refractivity contribution in [1.29, 1.82) is 0 Å². The minimum absolute atomic E-state index is 0.0545. The Morgan fingerprint density at radius 3 is 2.65 bits per heavy atom. The lowest BCUT2D eigenvalue weighted by atomic mass is 10.0. The van der Waals surface area contributed by atoms with Crippen LogP contribution in [0.3, 0.4) is 0 Å². The van der Waals surface area contributed by atoms with Gasteiger partial charge in [0.05, 0.1) is 17.6 Å². The Morgan fingerprint density at radius 2 is 1.92 bits per heavy atom. The third-order valence-corrected chi connectivity index (χ3v) is 4.73. The zero-order valence-corrected chi connectivity index (χ0v) is 14.5. The molecule has 0 aliphatic rings. The van der Waals surface area contributed by atoms with Gasteiger partial charge >= 0.3 is 0 Å². The van der Waals surface area contributed by atoms with Crippen molar-refractivity contribution in [2.24, 2.45) is 5.73 Å². The number of hydrogen-bond donors (Lipinski definition) is 2. The van der Waals surface area contributed by atoms with E-state index in [0.29, 0.717) is 12.1 Å². The van der Waals surface area contributed by atoms with Crippen molar-refractivity contribution < 1.29 is 9.90 Å². The molecule has 0 saturated carbocycles. The fourth-order valence-corrected chi connectivity index (χ4v) is 3.56. The maximum atomic E-state index is 12.0. The van der Waals surface area contributed by atoms with Gasteiger partial charge in [-0.15, -0.1) is 0 Å². The van der Waals surface area contributed by atoms with Gasteiger partial charge in [-0.3, -0.25) is 4.79 Å². The van der Waals surface area contributed by atoms with E-state index in [-0.39, 0.29) is 6.61 Å². The lowest BCUT2D eigenvalue weighted by Crippen LogP contribution is -2.11. The maximum absolute atomic E-state index is 12.0. The van der Waals surface area contributed by atoms with Gasteiger partial charge in [-0.05, 0) is 48.4 Å². The molecule has 1 heterocycles. The number of benzene rings is 3. The first kappa shape index (κ1) is 16.4. The summed E-state index contributed by atoms with van der Waals surface area (Å²) in [7, 11) is 0. The van der Waals surface area contributed by atoms with E-state index in [0.717, 1.165) is 27.4 Å². The lowest BCUT2D eigenvalue weighted by molar-refractivity contribution is 0.100. The van der Waals surface area contributed by atoms with E-state index < -0.39 is 5.91 Å². The van der Waals surface area contributed by atoms with E-state index in [1.165, 1.54) is 11.1 Å². The first-order valence-electron chi connectivity index (χ1n) is 8.50. The largest absolute Gasteiger partial charge is 0.392 e. The van der Waals surface area contributed by atoms with Crippen LogP contribution in [0, 0.1) is 13.0 Å². The molecule has 0 bridgehead atoms. The van der Waals surface area contributed by atoms with Crippen molar-refractivity contribution in [3.63, 3.8) is 0 Å². The second-order valence-corrected chi connectivity index (χ2v) is 6.57. The van der Waals surface area contributed by atoms with Gasteiger partial charge in [0.1, 0.15) is 0 Å². The number of aliphatic hydroxyl groups is 1. The Morgan fingerprint density at radius 1 is 1.12 bits per heavy atom. The summed E-state index contributed by atoms with van der Waals surface area (Å²) in [5.74, 6) is -0.454. The summed E-state index contributed by atoms with van der Waals surface area (Å²) in [6, 6.07) is 20.9. The lowest BCUT2D eigenvalue weighted by Gasteiger charge is -2.09. The minimum Gasteiger partial charge on any atom is -0.392 e. The Balaban J connectivity index is 2.05. The normalized spacial score (nSPS) is 11.3. The van der Waals surface area contributed by atoms with Gasteiger partial charge < -0.3 is 15.4 Å². The molecule has 0 fully saturated rings. The van der Waals surface area contributed by atoms with Gasteiger partial charge in [0, 0.05) is 22.9 Å². The predicted molar refractivity (Wildman–Crippen MR) is 103 cm³/mol. The van der Waals surface area contributed by atoms with Gasteiger partial charge in [-0.25, -0.2) is 0 Å². The molecule has 129 valence electrons. The first-order chi connectivity index (χ1) is 12.6. The van der Waals surface area contributed by atoms with E-state index in [2.05, 4.69) is 35.8 Å². The summed E-state index contributed by atoms with van der Waals surface area (Å²) in [6.07, 6.45) is 0. The van der Waals surface area contributed by atoms with E-state index in [9.17, 15) is 9.90 Å². The Labute approximate surface area is 151 Å². The van der Waals surface area contributed by atoms with Crippen molar-refractivity contribution in [1.82, 2.24) is 4.57 Å². The van der Waals surface area contributed by atoms with Gasteiger partial charge in [-0.2, -0.15) is 0 Å². The quantitative estimate of drug-likeness (QED) is 0.595. The second-order valence-electron chi connectivity index (χ2n) is 6.57. The zero-order chi connectivity index (χ0) is 18.3. The fourth-order valence-electron chi connectivity index (χ4n) is 3.56. The molecule has 1 amide bonds. The van der Waals surface area contributed by atoms with Crippen LogP contribution in [-0.4, -0.2) is 15.6 Å². The Hall–Kier alpha value is -3.11. The van der Waals surface area contributed by atoms with Crippen LogP contribution in [0.2, 0.25) is 0 Å². The molecule has 0 aliphatic carbocycles. The molecule has 0 aliphatic heterocycles. The molecule has 4 aromatic rings. The molecule has 0 spiro atoms. The average molecular weight is 343 g/mol. The molecule has 3 N–H and O–H groups in total. The SMILES string of the molecule is Cc1cccc(Cn2c3cc(CO)c[c]c3c3c(C(N)=O)cccc32)c1. The Kier molecular flexibility index (Phi) is 3.98. The van der Waals surface area contributed by atoms with Crippen molar-refractivity contribution in [3.05, 3.63) is 82.9 Å². The Bertz CT molecular complexity index is 1140. The monoisotopic (exact) mass is 343 g/mol. The standard InChI is InChI=1S/C22H19N2O2/c1-14-4-2-5-15(10-14)12-24-19-7-3-6-18(22(23)26)21(19)17-9-8-16(13-25)11-20(17)24/h2-8,10-11,25H,12-13H2,1H3,(H2,23,26). The van der Waals surface area contributed by atoms with Gasteiger partial charge in [-0.1, -0.05) is 35.9 Å². The summed E-state index contributed by atoms with van der Waals surface area (Å²) in [5.41, 5.74) is 11.1. The number of carbonyl (C=O) groups excluding carboxylic acids is 1. The summed E-state index contributed by atoms with van der Waals surface area (Å²) < 4.78 is 2.15. The number of nitrogens with two attached hydrogens (primary N) is 1. The highest BCUT2D eigenvalue weighted by Gasteiger charge is 2.17. The van der Waals surface area contributed by atoms with Gasteiger partial charge in [0.15, 0.2) is 0 Å². The van der Waals surface area contributed by atoms with Gasteiger partial charge in [0.25, 0.3) is 0 Å². The van der Waals surface area contributed by atoms with Crippen LogP contribution in [0.4, 0.5) is 0 Å². The van der Waals surface area contributed by atoms with Crippen molar-refractivity contribution in [3.8, 4) is 0 Å². The molecule has 4 heteroatoms. The van der Waals surface area contributed by atoms with Crippen LogP contribution in [0.5, 0.6) is 0 Å². The van der Waals surface area contributed by atoms with Crippen LogP contribution in [0.25, 0.3) is 21.8 Å². The number of primary amides is 1. The number of carbonyl (C=O) groups is 1. The molecular weight excluding hydrogens is 324 g/mol. The van der Waals surface area contributed by atoms with Crippen LogP contribution >= 0.6 is 0 Å². The number of aryl methyl sites for hydroxylation is 1. The van der Waals surface area contributed by atoms with Crippen LogP contribution in [0.1, 0.15) is 27.0 Å². The van der Waals surface area contributed by atoms with Crippen LogP contribution in [-0.2, 0) is 13.2 Å². The van der Waals surface area contributed by atoms with Crippen molar-refractivity contribution in [2.75, 3.05) is 0 Å². The van der Waals surface area contributed by atoms with E-state index in [1.807, 2.05) is 24.3 Å². The molecule has 1 aromatic heterocycles. The molecule has 1 radical (unpaired) electrons. The molecule has 0 unspecified atom stereocenters. The smallest absolute Gasteiger partial charge is 0.249 e. The molecule has 4 rings (SSSR count). The predicted octanol–water partition coefficient (Wildman–Crippen LogP) is 3.54. The fraction of sp³-hybridized carbons (Fsp3) is 0.136. The number of hydrogen-bond acceptors (Lipinski definition) is 2. The molecular formula is C22H19N2O2.